The molecule has 0 aliphatic carbocycles. The first-order valence-corrected chi connectivity index (χ1v) is 6.06. The second-order valence-electron chi connectivity index (χ2n) is 4.27. The van der Waals surface area contributed by atoms with Gasteiger partial charge in [0.2, 0.25) is 5.91 Å². The number of anilines is 1. The number of nitrogens with zero attached hydrogens (tertiary/aromatic N) is 2. The van der Waals surface area contributed by atoms with Crippen molar-refractivity contribution in [3.05, 3.63) is 36.2 Å². The first kappa shape index (κ1) is 13.7. The molecule has 0 bridgehead atoms. The molecule has 1 amide bonds. The molecule has 7 nitrogen and oxygen atoms in total. The number of benzene rings is 1. The predicted octanol–water partition coefficient (Wildman–Crippen LogP) is 0.652. The van der Waals surface area contributed by atoms with Crippen molar-refractivity contribution in [3.63, 3.8) is 0 Å². The molecule has 0 aliphatic heterocycles. The number of hydrogen-bond donors (Lipinski definition) is 4. The van der Waals surface area contributed by atoms with E-state index in [9.17, 15) is 15.0 Å². The Bertz CT molecular complexity index is 609. The van der Waals surface area contributed by atoms with Crippen LogP contribution in [0.4, 0.5) is 5.69 Å². The summed E-state index contributed by atoms with van der Waals surface area (Å²) in [5.41, 5.74) is 1.39. The van der Waals surface area contributed by atoms with Gasteiger partial charge in [-0.1, -0.05) is 0 Å². The Labute approximate surface area is 115 Å². The van der Waals surface area contributed by atoms with Gasteiger partial charge in [-0.15, -0.1) is 0 Å². The first-order valence-electron chi connectivity index (χ1n) is 6.06. The van der Waals surface area contributed by atoms with Crippen LogP contribution >= 0.6 is 0 Å². The summed E-state index contributed by atoms with van der Waals surface area (Å²) in [5.74, 6) is -0.0873. The van der Waals surface area contributed by atoms with E-state index >= 15 is 0 Å². The van der Waals surface area contributed by atoms with Gasteiger partial charge in [0.1, 0.15) is 18.0 Å². The SMILES string of the molecule is CNC(=O)Cn1cc(NCc2ccc(O)cc2O)cn1. The second-order valence-corrected chi connectivity index (χ2v) is 4.27. The molecule has 2 rings (SSSR count). The monoisotopic (exact) mass is 276 g/mol. The third-order valence-electron chi connectivity index (χ3n) is 2.77. The molecule has 0 unspecified atom stereocenters. The molecule has 106 valence electrons. The zero-order valence-electron chi connectivity index (χ0n) is 11.0. The van der Waals surface area contributed by atoms with E-state index in [-0.39, 0.29) is 24.0 Å². The van der Waals surface area contributed by atoms with Crippen LogP contribution in [0, 0.1) is 0 Å². The number of phenols is 2. The van der Waals surface area contributed by atoms with E-state index in [4.69, 9.17) is 0 Å². The summed E-state index contributed by atoms with van der Waals surface area (Å²) in [5, 5.41) is 28.5. The van der Waals surface area contributed by atoms with E-state index in [1.807, 2.05) is 0 Å². The quantitative estimate of drug-likeness (QED) is 0.642. The van der Waals surface area contributed by atoms with E-state index in [1.54, 1.807) is 25.5 Å². The lowest BCUT2D eigenvalue weighted by Crippen LogP contribution is -2.23. The van der Waals surface area contributed by atoms with Gasteiger partial charge < -0.3 is 20.8 Å². The van der Waals surface area contributed by atoms with Gasteiger partial charge in [0.05, 0.1) is 11.9 Å². The fourth-order valence-corrected chi connectivity index (χ4v) is 1.67. The molecule has 1 heterocycles. The highest BCUT2D eigenvalue weighted by molar-refractivity contribution is 5.75. The van der Waals surface area contributed by atoms with E-state index in [2.05, 4.69) is 15.7 Å². The maximum atomic E-state index is 11.2. The predicted molar refractivity (Wildman–Crippen MR) is 73.4 cm³/mol. The van der Waals surface area contributed by atoms with Crippen molar-refractivity contribution in [2.45, 2.75) is 13.1 Å². The summed E-state index contributed by atoms with van der Waals surface area (Å²) in [6.45, 7) is 0.542. The summed E-state index contributed by atoms with van der Waals surface area (Å²) >= 11 is 0. The number of rotatable bonds is 5. The fourth-order valence-electron chi connectivity index (χ4n) is 1.67. The maximum Gasteiger partial charge on any atom is 0.241 e. The maximum absolute atomic E-state index is 11.2. The van der Waals surface area contributed by atoms with Crippen molar-refractivity contribution in [2.24, 2.45) is 0 Å². The Hall–Kier alpha value is -2.70. The zero-order chi connectivity index (χ0) is 14.5. The van der Waals surface area contributed by atoms with Gasteiger partial charge >= 0.3 is 0 Å². The lowest BCUT2D eigenvalue weighted by Gasteiger charge is -2.06. The standard InChI is InChI=1S/C13H16N4O3/c1-14-13(20)8-17-7-10(6-16-17)15-5-9-2-3-11(18)4-12(9)19/h2-4,6-7,15,18-19H,5,8H2,1H3,(H,14,20). The van der Waals surface area contributed by atoms with Gasteiger partial charge in [-0.3, -0.25) is 9.48 Å². The average Bonchev–Trinajstić information content (AvgIpc) is 2.85. The van der Waals surface area contributed by atoms with Gasteiger partial charge in [0.25, 0.3) is 0 Å². The number of phenolic OH excluding ortho intramolecular Hbond substituents is 2. The molecule has 20 heavy (non-hydrogen) atoms. The van der Waals surface area contributed by atoms with Crippen LogP contribution in [0.5, 0.6) is 11.5 Å². The van der Waals surface area contributed by atoms with Crippen molar-refractivity contribution < 1.29 is 15.0 Å². The number of likely N-dealkylation sites (N-methyl/N-ethyl adjacent to an activating group) is 1. The Kier molecular flexibility index (Phi) is 4.09. The highest BCUT2D eigenvalue weighted by Gasteiger charge is 2.05. The van der Waals surface area contributed by atoms with E-state index in [1.165, 1.54) is 16.8 Å². The molecule has 1 aromatic heterocycles. The summed E-state index contributed by atoms with van der Waals surface area (Å²) in [6, 6.07) is 4.42. The lowest BCUT2D eigenvalue weighted by atomic mass is 10.2. The minimum absolute atomic E-state index is 0.0182. The number of nitrogens with one attached hydrogen (secondary N) is 2. The van der Waals surface area contributed by atoms with Crippen molar-refractivity contribution in [1.29, 1.82) is 0 Å². The zero-order valence-corrected chi connectivity index (χ0v) is 11.0. The molecule has 0 atom stereocenters. The Morgan fingerprint density at radius 1 is 1.40 bits per heavy atom. The minimum atomic E-state index is -0.129. The van der Waals surface area contributed by atoms with Gasteiger partial charge in [-0.25, -0.2) is 0 Å². The average molecular weight is 276 g/mol. The minimum Gasteiger partial charge on any atom is -0.508 e. The summed E-state index contributed by atoms with van der Waals surface area (Å²) in [7, 11) is 1.57. The first-order chi connectivity index (χ1) is 9.58. The molecule has 2 aromatic rings. The van der Waals surface area contributed by atoms with Crippen LogP contribution < -0.4 is 10.6 Å². The van der Waals surface area contributed by atoms with Crippen molar-refractivity contribution in [2.75, 3.05) is 12.4 Å². The molecule has 7 heteroatoms. The van der Waals surface area contributed by atoms with Crippen molar-refractivity contribution in [1.82, 2.24) is 15.1 Å². The fraction of sp³-hybridized carbons (Fsp3) is 0.231. The third kappa shape index (κ3) is 3.41. The van der Waals surface area contributed by atoms with Crippen LogP contribution in [0.1, 0.15) is 5.56 Å². The lowest BCUT2D eigenvalue weighted by molar-refractivity contribution is -0.121. The van der Waals surface area contributed by atoms with Gasteiger partial charge in [0, 0.05) is 31.4 Å². The molecule has 0 spiro atoms. The number of carbonyl (C=O) groups is 1. The van der Waals surface area contributed by atoms with Crippen molar-refractivity contribution >= 4 is 11.6 Å². The number of aromatic nitrogens is 2. The summed E-state index contributed by atoms with van der Waals surface area (Å²) < 4.78 is 1.51. The Morgan fingerprint density at radius 2 is 2.20 bits per heavy atom. The largest absolute Gasteiger partial charge is 0.508 e. The summed E-state index contributed by atoms with van der Waals surface area (Å²) in [4.78, 5) is 11.2. The highest BCUT2D eigenvalue weighted by atomic mass is 16.3. The van der Waals surface area contributed by atoms with Crippen LogP contribution in [0.25, 0.3) is 0 Å². The molecule has 4 N–H and O–H groups in total. The van der Waals surface area contributed by atoms with E-state index < -0.39 is 0 Å². The molecule has 0 saturated heterocycles. The topological polar surface area (TPSA) is 99.4 Å². The molecule has 0 radical (unpaired) electrons. The number of carbonyl (C=O) groups excluding carboxylic acids is 1. The van der Waals surface area contributed by atoms with Crippen LogP contribution in [0.2, 0.25) is 0 Å². The second kappa shape index (κ2) is 5.96. The number of amides is 1. The van der Waals surface area contributed by atoms with Crippen LogP contribution in [0.15, 0.2) is 30.6 Å². The molecule has 1 aromatic carbocycles. The molecular formula is C13H16N4O3. The molecular weight excluding hydrogens is 260 g/mol. The smallest absolute Gasteiger partial charge is 0.241 e. The van der Waals surface area contributed by atoms with Gasteiger partial charge in [-0.2, -0.15) is 5.10 Å². The Morgan fingerprint density at radius 3 is 2.90 bits per heavy atom. The van der Waals surface area contributed by atoms with Gasteiger partial charge in [-0.05, 0) is 12.1 Å². The van der Waals surface area contributed by atoms with E-state index in [0.29, 0.717) is 12.1 Å². The molecule has 0 saturated carbocycles. The van der Waals surface area contributed by atoms with Crippen LogP contribution in [-0.4, -0.2) is 32.9 Å². The van der Waals surface area contributed by atoms with Crippen LogP contribution in [0.3, 0.4) is 0 Å². The van der Waals surface area contributed by atoms with Crippen molar-refractivity contribution in [3.8, 4) is 11.5 Å². The number of hydrogen-bond acceptors (Lipinski definition) is 5. The third-order valence-corrected chi connectivity index (χ3v) is 2.77. The van der Waals surface area contributed by atoms with Gasteiger partial charge in [0.15, 0.2) is 0 Å². The summed E-state index contributed by atoms with van der Waals surface area (Å²) in [6.07, 6.45) is 3.30. The Balaban J connectivity index is 1.95. The van der Waals surface area contributed by atoms with E-state index in [0.717, 1.165) is 5.69 Å². The van der Waals surface area contributed by atoms with Crippen LogP contribution in [-0.2, 0) is 17.9 Å². The normalized spacial score (nSPS) is 10.2. The highest BCUT2D eigenvalue weighted by Crippen LogP contribution is 2.23. The molecule has 0 fully saturated rings. The number of aromatic hydroxyl groups is 2. The molecule has 0 aliphatic rings.